The van der Waals surface area contributed by atoms with Crippen molar-refractivity contribution in [3.63, 3.8) is 0 Å². The molecule has 3 N–H and O–H groups in total. The average molecular weight is 566 g/mol. The first-order valence-electron chi connectivity index (χ1n) is 13.4. The molecule has 1 aliphatic heterocycles. The third-order valence-electron chi connectivity index (χ3n) is 6.42. The van der Waals surface area contributed by atoms with E-state index in [1.54, 1.807) is 23.7 Å². The van der Waals surface area contributed by atoms with E-state index in [1.807, 2.05) is 32.2 Å². The van der Waals surface area contributed by atoms with Gasteiger partial charge >= 0.3 is 6.09 Å². The summed E-state index contributed by atoms with van der Waals surface area (Å²) >= 11 is 1.61. The van der Waals surface area contributed by atoms with Crippen LogP contribution in [0.3, 0.4) is 0 Å². The van der Waals surface area contributed by atoms with E-state index in [-0.39, 0.29) is 5.92 Å². The number of H-pyrrole nitrogens is 1. The van der Waals surface area contributed by atoms with Crippen molar-refractivity contribution < 1.29 is 14.3 Å². The van der Waals surface area contributed by atoms with Crippen molar-refractivity contribution in [3.05, 3.63) is 46.7 Å². The summed E-state index contributed by atoms with van der Waals surface area (Å²) in [5.74, 6) is 1.19. The molecule has 0 aliphatic carbocycles. The van der Waals surface area contributed by atoms with Crippen LogP contribution in [0.1, 0.15) is 38.1 Å². The first-order chi connectivity index (χ1) is 19.3. The lowest BCUT2D eigenvalue weighted by molar-refractivity contribution is 0.0398. The summed E-state index contributed by atoms with van der Waals surface area (Å²) in [7, 11) is 0. The molecule has 5 heterocycles. The molecule has 0 radical (unpaired) electrons. The molecule has 1 aliphatic rings. The van der Waals surface area contributed by atoms with E-state index in [2.05, 4.69) is 52.1 Å². The minimum atomic E-state index is -0.560. The number of nitrogens with one attached hydrogen (secondary N) is 3. The Hall–Kier alpha value is -3.68. The van der Waals surface area contributed by atoms with Gasteiger partial charge in [-0.05, 0) is 49.2 Å². The Morgan fingerprint density at radius 2 is 2.08 bits per heavy atom. The zero-order valence-corrected chi connectivity index (χ0v) is 23.8. The van der Waals surface area contributed by atoms with Crippen molar-refractivity contribution in [2.75, 3.05) is 51.3 Å². The van der Waals surface area contributed by atoms with Crippen LogP contribution < -0.4 is 10.6 Å². The van der Waals surface area contributed by atoms with Crippen LogP contribution in [0.25, 0.3) is 22.4 Å². The van der Waals surface area contributed by atoms with Crippen LogP contribution in [0.5, 0.6) is 0 Å². The van der Waals surface area contributed by atoms with Gasteiger partial charge in [-0.1, -0.05) is 0 Å². The van der Waals surface area contributed by atoms with E-state index in [4.69, 9.17) is 14.5 Å². The van der Waals surface area contributed by atoms with Crippen molar-refractivity contribution in [3.8, 4) is 11.4 Å². The number of thiophene rings is 1. The number of carbonyl (C=O) groups excluding carboxylic acids is 1. The van der Waals surface area contributed by atoms with Gasteiger partial charge in [0.1, 0.15) is 11.4 Å². The molecule has 1 unspecified atom stereocenters. The first kappa shape index (κ1) is 27.9. The molecular weight excluding hydrogens is 530 g/mol. The molecule has 0 spiro atoms. The van der Waals surface area contributed by atoms with Crippen molar-refractivity contribution in [1.82, 2.24) is 40.3 Å². The van der Waals surface area contributed by atoms with Crippen molar-refractivity contribution in [2.45, 2.75) is 38.7 Å². The number of alkyl carbamates (subject to hydrolysis) is 1. The van der Waals surface area contributed by atoms with E-state index in [0.717, 1.165) is 56.0 Å². The Labute approximate surface area is 236 Å². The summed E-state index contributed by atoms with van der Waals surface area (Å²) < 4.78 is 10.8. The summed E-state index contributed by atoms with van der Waals surface area (Å²) in [6.45, 7) is 11.0. The number of hydrogen-bond acceptors (Lipinski definition) is 11. The number of rotatable bonds is 10. The number of hydrogen-bond donors (Lipinski definition) is 3. The second kappa shape index (κ2) is 12.7. The summed E-state index contributed by atoms with van der Waals surface area (Å²) in [6, 6.07) is 3.89. The van der Waals surface area contributed by atoms with Gasteiger partial charge in [-0.25, -0.2) is 19.7 Å². The highest BCUT2D eigenvalue weighted by Crippen LogP contribution is 2.26. The number of nitrogens with zero attached hydrogens (tertiary/aromatic N) is 6. The van der Waals surface area contributed by atoms with Gasteiger partial charge in [0.2, 0.25) is 5.95 Å². The second-order valence-corrected chi connectivity index (χ2v) is 11.4. The number of anilines is 1. The third-order valence-corrected chi connectivity index (χ3v) is 7.12. The molecule has 0 bridgehead atoms. The second-order valence-electron chi connectivity index (χ2n) is 10.6. The number of aromatic amines is 1. The summed E-state index contributed by atoms with van der Waals surface area (Å²) in [4.78, 5) is 33.0. The molecule has 1 saturated heterocycles. The fourth-order valence-corrected chi connectivity index (χ4v) is 5.17. The van der Waals surface area contributed by atoms with Gasteiger partial charge in [0.25, 0.3) is 0 Å². The molecule has 212 valence electrons. The zero-order valence-electron chi connectivity index (χ0n) is 23.0. The van der Waals surface area contributed by atoms with Crippen molar-refractivity contribution in [1.29, 1.82) is 0 Å². The maximum absolute atomic E-state index is 12.3. The maximum atomic E-state index is 12.3. The molecule has 4 aromatic heterocycles. The number of fused-ring (bicyclic) bond motifs is 1. The molecule has 13 heteroatoms. The Balaban J connectivity index is 1.26. The minimum Gasteiger partial charge on any atom is -0.444 e. The number of aromatic nitrogens is 6. The highest BCUT2D eigenvalue weighted by Gasteiger charge is 2.21. The summed E-state index contributed by atoms with van der Waals surface area (Å²) in [5.41, 5.74) is 2.56. The van der Waals surface area contributed by atoms with Gasteiger partial charge in [-0.3, -0.25) is 10.00 Å². The smallest absolute Gasteiger partial charge is 0.407 e. The molecule has 5 rings (SSSR count). The normalized spacial score (nSPS) is 15.2. The van der Waals surface area contributed by atoms with Crippen molar-refractivity contribution in [2.24, 2.45) is 0 Å². The molecular formula is C27H35N9O3S. The number of carbonyl (C=O) groups is 1. The monoisotopic (exact) mass is 565 g/mol. The number of ether oxygens (including phenoxy) is 2. The molecule has 0 aromatic carbocycles. The fraction of sp³-hybridized carbons (Fsp3) is 0.481. The molecule has 40 heavy (non-hydrogen) atoms. The number of amides is 1. The lowest BCUT2D eigenvalue weighted by atomic mass is 9.98. The minimum absolute atomic E-state index is 0.0121. The molecule has 0 saturated carbocycles. The van der Waals surface area contributed by atoms with Crippen LogP contribution in [0, 0.1) is 0 Å². The Kier molecular flexibility index (Phi) is 8.82. The molecule has 4 aromatic rings. The standard InChI is InChI=1S/C27H35N9O3S/c1-27(2,3)39-26(37)31-15-19(18-5-13-40-17-18)14-22-28-6-4-21(32-22)23-20-16-30-25(33-24(20)35-34-23)29-7-8-36-9-11-38-12-10-36/h4-6,13,16-17,19H,7-12,14-15H2,1-3H3,(H,31,37)(H2,29,30,33,34,35). The van der Waals surface area contributed by atoms with Crippen LogP contribution in [-0.4, -0.2) is 92.7 Å². The van der Waals surface area contributed by atoms with Gasteiger partial charge in [0.15, 0.2) is 5.65 Å². The Morgan fingerprint density at radius 1 is 1.23 bits per heavy atom. The highest BCUT2D eigenvalue weighted by atomic mass is 32.1. The Bertz CT molecular complexity index is 1400. The van der Waals surface area contributed by atoms with E-state index in [1.165, 1.54) is 0 Å². The van der Waals surface area contributed by atoms with E-state index in [0.29, 0.717) is 36.1 Å². The van der Waals surface area contributed by atoms with Crippen LogP contribution in [0.2, 0.25) is 0 Å². The predicted molar refractivity (Wildman–Crippen MR) is 153 cm³/mol. The van der Waals surface area contributed by atoms with Gasteiger partial charge in [0, 0.05) is 57.5 Å². The largest absolute Gasteiger partial charge is 0.444 e. The van der Waals surface area contributed by atoms with E-state index >= 15 is 0 Å². The van der Waals surface area contributed by atoms with Crippen LogP contribution in [0.15, 0.2) is 35.3 Å². The lowest BCUT2D eigenvalue weighted by Crippen LogP contribution is -2.39. The molecule has 1 amide bonds. The quantitative estimate of drug-likeness (QED) is 0.262. The maximum Gasteiger partial charge on any atom is 0.407 e. The molecule has 1 fully saturated rings. The first-order valence-corrected chi connectivity index (χ1v) is 14.3. The van der Waals surface area contributed by atoms with Gasteiger partial charge in [0.05, 0.1) is 30.0 Å². The number of morpholine rings is 1. The fourth-order valence-electron chi connectivity index (χ4n) is 4.43. The third kappa shape index (κ3) is 7.49. The van der Waals surface area contributed by atoms with Crippen molar-refractivity contribution >= 4 is 34.4 Å². The van der Waals surface area contributed by atoms with Gasteiger partial charge in [-0.15, -0.1) is 0 Å². The highest BCUT2D eigenvalue weighted by molar-refractivity contribution is 7.08. The van der Waals surface area contributed by atoms with E-state index in [9.17, 15) is 4.79 Å². The van der Waals surface area contributed by atoms with Crippen LogP contribution in [-0.2, 0) is 15.9 Å². The average Bonchev–Trinajstić information content (AvgIpc) is 3.61. The predicted octanol–water partition coefficient (Wildman–Crippen LogP) is 3.47. The topological polar surface area (TPSA) is 143 Å². The summed E-state index contributed by atoms with van der Waals surface area (Å²) in [5, 5.41) is 18.5. The van der Waals surface area contributed by atoms with Crippen LogP contribution >= 0.6 is 11.3 Å². The van der Waals surface area contributed by atoms with E-state index < -0.39 is 11.7 Å². The molecule has 12 nitrogen and oxygen atoms in total. The lowest BCUT2D eigenvalue weighted by Gasteiger charge is -2.26. The zero-order chi connectivity index (χ0) is 28.0. The molecule has 1 atom stereocenters. The Morgan fingerprint density at radius 3 is 2.85 bits per heavy atom. The summed E-state index contributed by atoms with van der Waals surface area (Å²) in [6.07, 6.45) is 3.60. The SMILES string of the molecule is CC(C)(C)OC(=O)NCC(Cc1nccc(-c2[nH]nc3nc(NCCN4CCOCC4)ncc23)n1)c1ccsc1. The van der Waals surface area contributed by atoms with Crippen LogP contribution in [0.4, 0.5) is 10.7 Å². The van der Waals surface area contributed by atoms with Gasteiger partial charge < -0.3 is 20.1 Å². The van der Waals surface area contributed by atoms with Gasteiger partial charge in [-0.2, -0.15) is 21.4 Å².